The Morgan fingerprint density at radius 2 is 1.90 bits per heavy atom. The van der Waals surface area contributed by atoms with Crippen molar-refractivity contribution in [1.29, 1.82) is 0 Å². The quantitative estimate of drug-likeness (QED) is 0.745. The highest BCUT2D eigenvalue weighted by molar-refractivity contribution is 6.07. The summed E-state index contributed by atoms with van der Waals surface area (Å²) in [6, 6.07) is 16.8. The molecule has 0 aliphatic rings. The van der Waals surface area contributed by atoms with Crippen molar-refractivity contribution in [3.8, 4) is 17.0 Å². The molecule has 3 aromatic rings. The fraction of sp³-hybridized carbons (Fsp3) is 0.0588. The predicted molar refractivity (Wildman–Crippen MR) is 80.5 cm³/mol. The largest absolute Gasteiger partial charge is 0.497 e. The number of rotatable bonds is 4. The number of H-pyrrole nitrogens is 1. The van der Waals surface area contributed by atoms with Crippen molar-refractivity contribution in [1.82, 2.24) is 9.97 Å². The molecule has 0 unspecified atom stereocenters. The third-order valence-corrected chi connectivity index (χ3v) is 3.19. The van der Waals surface area contributed by atoms with Crippen LogP contribution in [0.3, 0.4) is 0 Å². The Labute approximate surface area is 122 Å². The minimum atomic E-state index is -0.156. The zero-order valence-electron chi connectivity index (χ0n) is 11.5. The van der Waals surface area contributed by atoms with Crippen LogP contribution >= 0.6 is 0 Å². The summed E-state index contributed by atoms with van der Waals surface area (Å²) in [6.07, 6.45) is 1.74. The number of ether oxygens (including phenoxy) is 1. The molecule has 0 bridgehead atoms. The van der Waals surface area contributed by atoms with E-state index < -0.39 is 0 Å². The van der Waals surface area contributed by atoms with Crippen LogP contribution in [0.1, 0.15) is 16.2 Å². The molecule has 0 spiro atoms. The maximum atomic E-state index is 12.4. The average Bonchev–Trinajstić information content (AvgIpc) is 3.05. The van der Waals surface area contributed by atoms with Gasteiger partial charge in [0, 0.05) is 17.3 Å². The lowest BCUT2D eigenvalue weighted by atomic mass is 10.1. The van der Waals surface area contributed by atoms with Gasteiger partial charge in [-0.1, -0.05) is 42.5 Å². The summed E-state index contributed by atoms with van der Waals surface area (Å²) in [4.78, 5) is 19.7. The molecule has 1 aromatic heterocycles. The van der Waals surface area contributed by atoms with E-state index in [9.17, 15) is 4.79 Å². The standard InChI is InChI=1S/C17H14N2O2/c1-21-14-9-5-8-13(10-14)16(20)17-18-11-15(19-17)12-6-3-2-4-7-12/h2-11H,1H3,(H,18,19). The summed E-state index contributed by atoms with van der Waals surface area (Å²) in [7, 11) is 1.57. The van der Waals surface area contributed by atoms with Gasteiger partial charge in [-0.25, -0.2) is 4.98 Å². The van der Waals surface area contributed by atoms with E-state index in [2.05, 4.69) is 9.97 Å². The molecular weight excluding hydrogens is 264 g/mol. The summed E-state index contributed by atoms with van der Waals surface area (Å²) < 4.78 is 5.13. The zero-order valence-corrected chi connectivity index (χ0v) is 11.5. The number of nitrogens with one attached hydrogen (secondary N) is 1. The Hall–Kier alpha value is -2.88. The molecule has 3 rings (SSSR count). The van der Waals surface area contributed by atoms with E-state index in [0.29, 0.717) is 17.1 Å². The molecule has 0 saturated heterocycles. The molecule has 0 aliphatic carbocycles. The second-order valence-electron chi connectivity index (χ2n) is 4.56. The van der Waals surface area contributed by atoms with Gasteiger partial charge in [-0.15, -0.1) is 0 Å². The number of carbonyl (C=O) groups excluding carboxylic acids is 1. The Morgan fingerprint density at radius 3 is 2.67 bits per heavy atom. The predicted octanol–water partition coefficient (Wildman–Crippen LogP) is 3.32. The first-order valence-electron chi connectivity index (χ1n) is 6.57. The van der Waals surface area contributed by atoms with E-state index in [1.807, 2.05) is 30.3 Å². The van der Waals surface area contributed by atoms with Gasteiger partial charge in [0.1, 0.15) is 5.75 Å². The van der Waals surface area contributed by atoms with Crippen LogP contribution in [-0.4, -0.2) is 22.9 Å². The molecule has 0 fully saturated rings. The topological polar surface area (TPSA) is 55.0 Å². The highest BCUT2D eigenvalue weighted by Gasteiger charge is 2.14. The van der Waals surface area contributed by atoms with Gasteiger partial charge in [0.05, 0.1) is 12.8 Å². The summed E-state index contributed by atoms with van der Waals surface area (Å²) in [6.45, 7) is 0. The van der Waals surface area contributed by atoms with Gasteiger partial charge in [0.15, 0.2) is 5.82 Å². The van der Waals surface area contributed by atoms with Crippen LogP contribution in [0.5, 0.6) is 5.75 Å². The Kier molecular flexibility index (Phi) is 3.51. The lowest BCUT2D eigenvalue weighted by Gasteiger charge is -2.01. The van der Waals surface area contributed by atoms with Crippen molar-refractivity contribution < 1.29 is 9.53 Å². The van der Waals surface area contributed by atoms with E-state index in [-0.39, 0.29) is 5.78 Å². The Morgan fingerprint density at radius 1 is 1.10 bits per heavy atom. The monoisotopic (exact) mass is 278 g/mol. The lowest BCUT2D eigenvalue weighted by molar-refractivity contribution is 0.103. The number of hydrogen-bond donors (Lipinski definition) is 1. The molecular formula is C17H14N2O2. The van der Waals surface area contributed by atoms with E-state index in [1.165, 1.54) is 0 Å². The van der Waals surface area contributed by atoms with Crippen LogP contribution in [0.25, 0.3) is 11.3 Å². The van der Waals surface area contributed by atoms with Crippen molar-refractivity contribution in [3.05, 3.63) is 72.2 Å². The number of hydrogen-bond acceptors (Lipinski definition) is 3. The van der Waals surface area contributed by atoms with Crippen molar-refractivity contribution in [2.45, 2.75) is 0 Å². The number of methoxy groups -OCH3 is 1. The van der Waals surface area contributed by atoms with Gasteiger partial charge >= 0.3 is 0 Å². The van der Waals surface area contributed by atoms with Crippen molar-refractivity contribution in [3.63, 3.8) is 0 Å². The Balaban J connectivity index is 1.91. The zero-order chi connectivity index (χ0) is 14.7. The van der Waals surface area contributed by atoms with Gasteiger partial charge in [0.2, 0.25) is 5.78 Å². The molecule has 0 saturated carbocycles. The smallest absolute Gasteiger partial charge is 0.228 e. The molecule has 0 amide bonds. The van der Waals surface area contributed by atoms with Crippen LogP contribution in [0.15, 0.2) is 60.8 Å². The second-order valence-corrected chi connectivity index (χ2v) is 4.56. The fourth-order valence-electron chi connectivity index (χ4n) is 2.10. The number of aromatic nitrogens is 2. The van der Waals surface area contributed by atoms with Crippen molar-refractivity contribution in [2.75, 3.05) is 7.11 Å². The van der Waals surface area contributed by atoms with Gasteiger partial charge in [-0.3, -0.25) is 4.79 Å². The second kappa shape index (κ2) is 5.63. The van der Waals surface area contributed by atoms with Crippen LogP contribution in [-0.2, 0) is 0 Å². The normalized spacial score (nSPS) is 10.3. The number of benzene rings is 2. The number of aromatic amines is 1. The molecule has 0 aliphatic heterocycles. The highest BCUT2D eigenvalue weighted by atomic mass is 16.5. The van der Waals surface area contributed by atoms with Gasteiger partial charge in [0.25, 0.3) is 0 Å². The first-order chi connectivity index (χ1) is 10.3. The van der Waals surface area contributed by atoms with Crippen molar-refractivity contribution in [2.24, 2.45) is 0 Å². The minimum absolute atomic E-state index is 0.156. The molecule has 4 heteroatoms. The maximum Gasteiger partial charge on any atom is 0.228 e. The van der Waals surface area contributed by atoms with Crippen LogP contribution in [0, 0.1) is 0 Å². The number of nitrogens with zero attached hydrogens (tertiary/aromatic N) is 1. The van der Waals surface area contributed by atoms with E-state index in [0.717, 1.165) is 11.3 Å². The number of imidazole rings is 1. The van der Waals surface area contributed by atoms with Gasteiger partial charge in [-0.2, -0.15) is 0 Å². The van der Waals surface area contributed by atoms with Crippen LogP contribution in [0.2, 0.25) is 0 Å². The summed E-state index contributed by atoms with van der Waals surface area (Å²) in [5, 5.41) is 0. The van der Waals surface area contributed by atoms with Crippen LogP contribution < -0.4 is 4.74 Å². The van der Waals surface area contributed by atoms with E-state index in [4.69, 9.17) is 4.74 Å². The summed E-state index contributed by atoms with van der Waals surface area (Å²) in [5.41, 5.74) is 2.27. The fourth-order valence-corrected chi connectivity index (χ4v) is 2.10. The molecule has 0 atom stereocenters. The molecule has 21 heavy (non-hydrogen) atoms. The SMILES string of the molecule is COc1cccc(C(=O)c2nc(-c3ccccc3)c[nH]2)c1. The third kappa shape index (κ3) is 2.69. The number of ketones is 1. The Bertz CT molecular complexity index is 763. The van der Waals surface area contributed by atoms with Crippen molar-refractivity contribution >= 4 is 5.78 Å². The molecule has 4 nitrogen and oxygen atoms in total. The lowest BCUT2D eigenvalue weighted by Crippen LogP contribution is -2.03. The molecule has 2 aromatic carbocycles. The minimum Gasteiger partial charge on any atom is -0.497 e. The van der Waals surface area contributed by atoms with Gasteiger partial charge < -0.3 is 9.72 Å². The number of carbonyl (C=O) groups is 1. The first kappa shape index (κ1) is 13.1. The molecule has 1 heterocycles. The maximum absolute atomic E-state index is 12.4. The van der Waals surface area contributed by atoms with E-state index >= 15 is 0 Å². The third-order valence-electron chi connectivity index (χ3n) is 3.19. The first-order valence-corrected chi connectivity index (χ1v) is 6.57. The summed E-state index contributed by atoms with van der Waals surface area (Å²) >= 11 is 0. The average molecular weight is 278 g/mol. The summed E-state index contributed by atoms with van der Waals surface area (Å²) in [5.74, 6) is 0.814. The molecule has 0 radical (unpaired) electrons. The van der Waals surface area contributed by atoms with Crippen LogP contribution in [0.4, 0.5) is 0 Å². The van der Waals surface area contributed by atoms with E-state index in [1.54, 1.807) is 37.6 Å². The molecule has 104 valence electrons. The highest BCUT2D eigenvalue weighted by Crippen LogP contribution is 2.19. The van der Waals surface area contributed by atoms with Gasteiger partial charge in [-0.05, 0) is 12.1 Å². The molecule has 1 N–H and O–H groups in total.